The summed E-state index contributed by atoms with van der Waals surface area (Å²) >= 11 is 6.38. The van der Waals surface area contributed by atoms with Crippen LogP contribution < -0.4 is 4.90 Å². The van der Waals surface area contributed by atoms with Gasteiger partial charge in [-0.2, -0.15) is 5.26 Å². The first kappa shape index (κ1) is 15.7. The number of ether oxygens (including phenoxy) is 1. The molecule has 1 aromatic rings. The SMILES string of the molecule is CN1CC2(CC3CCC(C2)N3c2ncc(C#N)cc2Cl)OCC1=O. The van der Waals surface area contributed by atoms with Crippen LogP contribution in [0.3, 0.4) is 0 Å². The molecule has 4 heterocycles. The van der Waals surface area contributed by atoms with Gasteiger partial charge in [-0.1, -0.05) is 11.6 Å². The molecule has 1 amide bonds. The van der Waals surface area contributed by atoms with E-state index in [0.29, 0.717) is 29.2 Å². The number of nitriles is 1. The Morgan fingerprint density at radius 2 is 2.12 bits per heavy atom. The quantitative estimate of drug-likeness (QED) is 0.777. The molecule has 3 aliphatic rings. The van der Waals surface area contributed by atoms with E-state index in [4.69, 9.17) is 21.6 Å². The van der Waals surface area contributed by atoms with Gasteiger partial charge in [-0.25, -0.2) is 4.98 Å². The van der Waals surface area contributed by atoms with Crippen molar-refractivity contribution in [1.82, 2.24) is 9.88 Å². The van der Waals surface area contributed by atoms with E-state index in [1.807, 2.05) is 7.05 Å². The highest BCUT2D eigenvalue weighted by atomic mass is 35.5. The Kier molecular flexibility index (Phi) is 3.66. The fourth-order valence-electron chi connectivity index (χ4n) is 4.47. The van der Waals surface area contributed by atoms with E-state index in [1.54, 1.807) is 17.2 Å². The van der Waals surface area contributed by atoms with Gasteiger partial charge in [0.05, 0.1) is 16.2 Å². The van der Waals surface area contributed by atoms with Crippen molar-refractivity contribution in [2.75, 3.05) is 25.1 Å². The average molecular weight is 347 g/mol. The highest BCUT2D eigenvalue weighted by Crippen LogP contribution is 2.46. The van der Waals surface area contributed by atoms with Crippen LogP contribution in [0.4, 0.5) is 5.82 Å². The second-order valence-electron chi connectivity index (χ2n) is 7.06. The lowest BCUT2D eigenvalue weighted by Gasteiger charge is -2.50. The summed E-state index contributed by atoms with van der Waals surface area (Å²) in [5, 5.41) is 9.51. The molecule has 1 spiro atoms. The number of halogens is 1. The minimum absolute atomic E-state index is 0.0483. The van der Waals surface area contributed by atoms with Crippen LogP contribution in [0.2, 0.25) is 5.02 Å². The number of piperidine rings is 1. The van der Waals surface area contributed by atoms with Gasteiger partial charge in [0.15, 0.2) is 0 Å². The molecule has 3 saturated heterocycles. The maximum absolute atomic E-state index is 11.7. The van der Waals surface area contributed by atoms with Gasteiger partial charge in [-0.3, -0.25) is 4.79 Å². The van der Waals surface area contributed by atoms with Crippen molar-refractivity contribution < 1.29 is 9.53 Å². The molecule has 126 valence electrons. The number of morpholine rings is 1. The van der Waals surface area contributed by atoms with E-state index in [2.05, 4.69) is 16.0 Å². The fraction of sp³-hybridized carbons (Fsp3) is 0.588. The third kappa shape index (κ3) is 2.43. The van der Waals surface area contributed by atoms with E-state index in [9.17, 15) is 4.79 Å². The molecule has 0 radical (unpaired) electrons. The zero-order chi connectivity index (χ0) is 16.9. The van der Waals surface area contributed by atoms with E-state index in [-0.39, 0.29) is 18.1 Å². The Labute approximate surface area is 146 Å². The van der Waals surface area contributed by atoms with E-state index >= 15 is 0 Å². The van der Waals surface area contributed by atoms with Crippen LogP contribution in [-0.4, -0.2) is 53.7 Å². The first-order valence-corrected chi connectivity index (χ1v) is 8.61. The summed E-state index contributed by atoms with van der Waals surface area (Å²) in [6.07, 6.45) is 5.48. The molecule has 0 aliphatic carbocycles. The van der Waals surface area contributed by atoms with Gasteiger partial charge in [0.25, 0.3) is 0 Å². The van der Waals surface area contributed by atoms with E-state index < -0.39 is 0 Å². The van der Waals surface area contributed by atoms with Gasteiger partial charge < -0.3 is 14.5 Å². The van der Waals surface area contributed by atoms with Gasteiger partial charge in [0, 0.05) is 31.9 Å². The standard InChI is InChI=1S/C17H19ClN4O2/c1-21-10-17(24-9-15(21)23)5-12-2-3-13(6-17)22(12)16-14(18)4-11(7-19)8-20-16/h4,8,12-13H,2-3,5-6,9-10H2,1H3. The van der Waals surface area contributed by atoms with Crippen LogP contribution in [0.25, 0.3) is 0 Å². The minimum Gasteiger partial charge on any atom is -0.363 e. The molecule has 3 aliphatic heterocycles. The monoisotopic (exact) mass is 346 g/mol. The second kappa shape index (κ2) is 5.61. The predicted octanol–water partition coefficient (Wildman–Crippen LogP) is 1.97. The Morgan fingerprint density at radius 1 is 1.42 bits per heavy atom. The zero-order valence-corrected chi connectivity index (χ0v) is 14.3. The number of hydrogen-bond donors (Lipinski definition) is 0. The highest BCUT2D eigenvalue weighted by Gasteiger charge is 2.52. The van der Waals surface area contributed by atoms with Crippen LogP contribution in [0.1, 0.15) is 31.2 Å². The number of likely N-dealkylation sites (N-methyl/N-ethyl adjacent to an activating group) is 1. The normalized spacial score (nSPS) is 32.3. The van der Waals surface area contributed by atoms with Crippen molar-refractivity contribution in [3.8, 4) is 6.07 Å². The van der Waals surface area contributed by atoms with Crippen molar-refractivity contribution >= 4 is 23.3 Å². The Hall–Kier alpha value is -1.84. The van der Waals surface area contributed by atoms with E-state index in [1.165, 1.54) is 0 Å². The number of carbonyl (C=O) groups excluding carboxylic acids is 1. The summed E-state index contributed by atoms with van der Waals surface area (Å²) in [6, 6.07) is 4.36. The third-order valence-corrected chi connectivity index (χ3v) is 5.76. The Bertz CT molecular complexity index is 718. The Morgan fingerprint density at radius 3 is 2.71 bits per heavy atom. The number of aromatic nitrogens is 1. The minimum atomic E-state index is -0.246. The third-order valence-electron chi connectivity index (χ3n) is 5.48. The molecule has 6 nitrogen and oxygen atoms in total. The smallest absolute Gasteiger partial charge is 0.248 e. The summed E-state index contributed by atoms with van der Waals surface area (Å²) < 4.78 is 6.01. The second-order valence-corrected chi connectivity index (χ2v) is 7.47. The molecule has 7 heteroatoms. The van der Waals surface area contributed by atoms with Crippen molar-refractivity contribution in [2.45, 2.75) is 43.4 Å². The lowest BCUT2D eigenvalue weighted by molar-refractivity contribution is -0.166. The van der Waals surface area contributed by atoms with Crippen molar-refractivity contribution in [3.63, 3.8) is 0 Å². The van der Waals surface area contributed by atoms with Crippen LogP contribution in [-0.2, 0) is 9.53 Å². The van der Waals surface area contributed by atoms with Gasteiger partial charge >= 0.3 is 0 Å². The van der Waals surface area contributed by atoms with Gasteiger partial charge in [-0.15, -0.1) is 0 Å². The van der Waals surface area contributed by atoms with Crippen LogP contribution >= 0.6 is 11.6 Å². The predicted molar refractivity (Wildman–Crippen MR) is 88.8 cm³/mol. The number of hydrogen-bond acceptors (Lipinski definition) is 5. The molecular formula is C17H19ClN4O2. The molecule has 2 unspecified atom stereocenters. The van der Waals surface area contributed by atoms with E-state index in [0.717, 1.165) is 31.5 Å². The molecule has 3 fully saturated rings. The zero-order valence-electron chi connectivity index (χ0n) is 13.5. The summed E-state index contributed by atoms with van der Waals surface area (Å²) in [5.41, 5.74) is 0.227. The maximum Gasteiger partial charge on any atom is 0.248 e. The number of anilines is 1. The molecule has 1 aromatic heterocycles. The molecule has 2 atom stereocenters. The maximum atomic E-state index is 11.7. The first-order chi connectivity index (χ1) is 11.5. The number of amides is 1. The molecule has 0 saturated carbocycles. The van der Waals surface area contributed by atoms with Crippen molar-refractivity contribution in [1.29, 1.82) is 5.26 Å². The first-order valence-electron chi connectivity index (χ1n) is 8.23. The average Bonchev–Trinajstić information content (AvgIpc) is 2.83. The highest BCUT2D eigenvalue weighted by molar-refractivity contribution is 6.33. The fourth-order valence-corrected chi connectivity index (χ4v) is 4.73. The number of carbonyl (C=O) groups is 1. The molecule has 0 N–H and O–H groups in total. The largest absolute Gasteiger partial charge is 0.363 e. The van der Waals surface area contributed by atoms with Gasteiger partial charge in [0.1, 0.15) is 18.5 Å². The van der Waals surface area contributed by atoms with Gasteiger partial charge in [0.2, 0.25) is 5.91 Å². The van der Waals surface area contributed by atoms with Crippen LogP contribution in [0.15, 0.2) is 12.3 Å². The molecule has 2 bridgehead atoms. The molecule has 24 heavy (non-hydrogen) atoms. The molecule has 0 aromatic carbocycles. The lowest BCUT2D eigenvalue weighted by atomic mass is 9.84. The van der Waals surface area contributed by atoms with Gasteiger partial charge in [-0.05, 0) is 31.7 Å². The number of pyridine rings is 1. The van der Waals surface area contributed by atoms with Crippen molar-refractivity contribution in [2.24, 2.45) is 0 Å². The summed E-state index contributed by atoms with van der Waals surface area (Å²) in [5.74, 6) is 0.811. The molecular weight excluding hydrogens is 328 g/mol. The number of rotatable bonds is 1. The van der Waals surface area contributed by atoms with Crippen LogP contribution in [0.5, 0.6) is 0 Å². The van der Waals surface area contributed by atoms with Crippen LogP contribution in [0, 0.1) is 11.3 Å². The summed E-state index contributed by atoms with van der Waals surface area (Å²) in [7, 11) is 1.85. The molecule has 4 rings (SSSR count). The number of fused-ring (bicyclic) bond motifs is 2. The Balaban J connectivity index is 1.60. The van der Waals surface area contributed by atoms with Crippen molar-refractivity contribution in [3.05, 3.63) is 22.8 Å². The topological polar surface area (TPSA) is 69.5 Å². The summed E-state index contributed by atoms with van der Waals surface area (Å²) in [6.45, 7) is 0.826. The summed E-state index contributed by atoms with van der Waals surface area (Å²) in [4.78, 5) is 20.2. The number of nitrogens with zero attached hydrogens (tertiary/aromatic N) is 4. The lowest BCUT2D eigenvalue weighted by Crippen LogP contribution is -2.60.